The summed E-state index contributed by atoms with van der Waals surface area (Å²) in [6.07, 6.45) is 4.44. The van der Waals surface area contributed by atoms with E-state index in [1.807, 2.05) is 18.2 Å². The molecule has 17 heavy (non-hydrogen) atoms. The van der Waals surface area contributed by atoms with E-state index in [0.717, 1.165) is 35.1 Å². The van der Waals surface area contributed by atoms with Crippen LogP contribution in [-0.4, -0.2) is 7.11 Å². The SMILES string of the molecule is CCC1CCC(N)(c2cc(Cl)ccc2OC)C1. The molecule has 0 spiro atoms. The molecule has 2 unspecified atom stereocenters. The molecule has 2 rings (SSSR count). The van der Waals surface area contributed by atoms with Crippen LogP contribution in [0.1, 0.15) is 38.2 Å². The zero-order chi connectivity index (χ0) is 12.5. The molecular weight excluding hydrogens is 234 g/mol. The molecular formula is C14H20ClNO. The second kappa shape index (κ2) is 4.87. The summed E-state index contributed by atoms with van der Waals surface area (Å²) in [7, 11) is 1.68. The summed E-state index contributed by atoms with van der Waals surface area (Å²) in [6, 6.07) is 5.71. The van der Waals surface area contributed by atoms with Gasteiger partial charge >= 0.3 is 0 Å². The monoisotopic (exact) mass is 253 g/mol. The normalized spacial score (nSPS) is 28.4. The first-order valence-corrected chi connectivity index (χ1v) is 6.59. The van der Waals surface area contributed by atoms with Crippen LogP contribution in [-0.2, 0) is 5.54 Å². The lowest BCUT2D eigenvalue weighted by molar-refractivity contribution is 0.370. The van der Waals surface area contributed by atoms with Crippen molar-refractivity contribution in [1.29, 1.82) is 0 Å². The third-order valence-corrected chi connectivity index (χ3v) is 4.16. The molecule has 1 saturated carbocycles. The van der Waals surface area contributed by atoms with E-state index in [-0.39, 0.29) is 5.54 Å². The molecule has 0 saturated heterocycles. The zero-order valence-electron chi connectivity index (χ0n) is 10.5. The molecule has 1 aromatic rings. The molecule has 0 aliphatic heterocycles. The lowest BCUT2D eigenvalue weighted by Crippen LogP contribution is -2.34. The number of ether oxygens (including phenoxy) is 1. The highest BCUT2D eigenvalue weighted by molar-refractivity contribution is 6.30. The van der Waals surface area contributed by atoms with E-state index in [1.54, 1.807) is 7.11 Å². The molecule has 0 bridgehead atoms. The minimum atomic E-state index is -0.267. The van der Waals surface area contributed by atoms with Crippen LogP contribution in [0.2, 0.25) is 5.02 Å². The molecule has 0 amide bonds. The third kappa shape index (κ3) is 2.43. The van der Waals surface area contributed by atoms with E-state index in [0.29, 0.717) is 0 Å². The molecule has 3 heteroatoms. The number of nitrogens with two attached hydrogens (primary N) is 1. The number of methoxy groups -OCH3 is 1. The van der Waals surface area contributed by atoms with Crippen molar-refractivity contribution in [3.05, 3.63) is 28.8 Å². The lowest BCUT2D eigenvalue weighted by atomic mass is 9.87. The summed E-state index contributed by atoms with van der Waals surface area (Å²) in [4.78, 5) is 0. The standard InChI is InChI=1S/C14H20ClNO/c1-3-10-6-7-14(16,9-10)12-8-11(15)4-5-13(12)17-2/h4-5,8,10H,3,6-7,9,16H2,1-2H3. The summed E-state index contributed by atoms with van der Waals surface area (Å²) < 4.78 is 5.41. The Labute approximate surface area is 108 Å². The van der Waals surface area contributed by atoms with Gasteiger partial charge in [-0.3, -0.25) is 0 Å². The molecule has 1 aliphatic rings. The molecule has 0 aromatic heterocycles. The van der Waals surface area contributed by atoms with Gasteiger partial charge in [-0.2, -0.15) is 0 Å². The summed E-state index contributed by atoms with van der Waals surface area (Å²) in [5.41, 5.74) is 7.34. The molecule has 0 radical (unpaired) electrons. The predicted molar refractivity (Wildman–Crippen MR) is 71.5 cm³/mol. The highest BCUT2D eigenvalue weighted by Gasteiger charge is 2.38. The van der Waals surface area contributed by atoms with Crippen LogP contribution in [0.25, 0.3) is 0 Å². The second-order valence-electron chi connectivity index (χ2n) is 5.02. The minimum absolute atomic E-state index is 0.267. The van der Waals surface area contributed by atoms with Gasteiger partial charge in [-0.1, -0.05) is 24.9 Å². The Morgan fingerprint density at radius 2 is 2.29 bits per heavy atom. The van der Waals surface area contributed by atoms with E-state index in [2.05, 4.69) is 6.92 Å². The summed E-state index contributed by atoms with van der Waals surface area (Å²) in [6.45, 7) is 2.23. The Kier molecular flexibility index (Phi) is 3.64. The summed E-state index contributed by atoms with van der Waals surface area (Å²) >= 11 is 6.07. The maximum atomic E-state index is 6.55. The number of hydrogen-bond acceptors (Lipinski definition) is 2. The molecule has 94 valence electrons. The summed E-state index contributed by atoms with van der Waals surface area (Å²) in [5.74, 6) is 1.58. The largest absolute Gasteiger partial charge is 0.496 e. The number of rotatable bonds is 3. The van der Waals surface area contributed by atoms with Crippen LogP contribution in [0, 0.1) is 5.92 Å². The minimum Gasteiger partial charge on any atom is -0.496 e. The first-order chi connectivity index (χ1) is 8.09. The van der Waals surface area contributed by atoms with E-state index >= 15 is 0 Å². The van der Waals surface area contributed by atoms with Crippen LogP contribution in [0.5, 0.6) is 5.75 Å². The molecule has 1 aliphatic carbocycles. The van der Waals surface area contributed by atoms with Gasteiger partial charge < -0.3 is 10.5 Å². The summed E-state index contributed by atoms with van der Waals surface area (Å²) in [5, 5.41) is 0.727. The van der Waals surface area contributed by atoms with Gasteiger partial charge in [0.25, 0.3) is 0 Å². The topological polar surface area (TPSA) is 35.2 Å². The number of hydrogen-bond donors (Lipinski definition) is 1. The van der Waals surface area contributed by atoms with Crippen molar-refractivity contribution < 1.29 is 4.74 Å². The fourth-order valence-corrected chi connectivity index (χ4v) is 3.02. The van der Waals surface area contributed by atoms with E-state index in [9.17, 15) is 0 Å². The Morgan fingerprint density at radius 3 is 2.88 bits per heavy atom. The van der Waals surface area contributed by atoms with Gasteiger partial charge in [-0.15, -0.1) is 0 Å². The lowest BCUT2D eigenvalue weighted by Gasteiger charge is -2.27. The van der Waals surface area contributed by atoms with Crippen molar-refractivity contribution in [2.24, 2.45) is 11.7 Å². The van der Waals surface area contributed by atoms with Gasteiger partial charge in [0.15, 0.2) is 0 Å². The van der Waals surface area contributed by atoms with Gasteiger partial charge in [-0.25, -0.2) is 0 Å². The Balaban J connectivity index is 2.36. The average Bonchev–Trinajstić information content (AvgIpc) is 2.72. The molecule has 1 fully saturated rings. The second-order valence-corrected chi connectivity index (χ2v) is 5.45. The predicted octanol–water partition coefficient (Wildman–Crippen LogP) is 3.71. The highest BCUT2D eigenvalue weighted by atomic mass is 35.5. The van der Waals surface area contributed by atoms with E-state index in [4.69, 9.17) is 22.1 Å². The van der Waals surface area contributed by atoms with Gasteiger partial charge in [-0.05, 0) is 43.4 Å². The average molecular weight is 254 g/mol. The van der Waals surface area contributed by atoms with Crippen molar-refractivity contribution in [3.8, 4) is 5.75 Å². The Bertz CT molecular complexity index is 407. The van der Waals surface area contributed by atoms with Gasteiger partial charge in [0.05, 0.1) is 7.11 Å². The quantitative estimate of drug-likeness (QED) is 0.891. The molecule has 2 nitrogen and oxygen atoms in total. The molecule has 2 N–H and O–H groups in total. The van der Waals surface area contributed by atoms with Crippen molar-refractivity contribution in [3.63, 3.8) is 0 Å². The van der Waals surface area contributed by atoms with Crippen LogP contribution in [0.15, 0.2) is 18.2 Å². The third-order valence-electron chi connectivity index (χ3n) is 3.93. The van der Waals surface area contributed by atoms with Gasteiger partial charge in [0, 0.05) is 16.1 Å². The van der Waals surface area contributed by atoms with Crippen molar-refractivity contribution in [2.75, 3.05) is 7.11 Å². The number of benzene rings is 1. The number of halogens is 1. The van der Waals surface area contributed by atoms with Crippen LogP contribution in [0.4, 0.5) is 0 Å². The molecule has 0 heterocycles. The smallest absolute Gasteiger partial charge is 0.124 e. The van der Waals surface area contributed by atoms with Crippen molar-refractivity contribution in [2.45, 2.75) is 38.1 Å². The maximum Gasteiger partial charge on any atom is 0.124 e. The van der Waals surface area contributed by atoms with E-state index < -0.39 is 0 Å². The Morgan fingerprint density at radius 1 is 1.53 bits per heavy atom. The molecule has 1 aromatic carbocycles. The van der Waals surface area contributed by atoms with Crippen molar-refractivity contribution in [1.82, 2.24) is 0 Å². The van der Waals surface area contributed by atoms with Crippen LogP contribution in [0.3, 0.4) is 0 Å². The first-order valence-electron chi connectivity index (χ1n) is 6.22. The fourth-order valence-electron chi connectivity index (χ4n) is 2.84. The maximum absolute atomic E-state index is 6.55. The van der Waals surface area contributed by atoms with Crippen molar-refractivity contribution >= 4 is 11.6 Å². The first kappa shape index (κ1) is 12.7. The zero-order valence-corrected chi connectivity index (χ0v) is 11.3. The van der Waals surface area contributed by atoms with Gasteiger partial charge in [0.1, 0.15) is 5.75 Å². The van der Waals surface area contributed by atoms with Crippen LogP contribution >= 0.6 is 11.6 Å². The van der Waals surface area contributed by atoms with Gasteiger partial charge in [0.2, 0.25) is 0 Å². The fraction of sp³-hybridized carbons (Fsp3) is 0.571. The van der Waals surface area contributed by atoms with Crippen LogP contribution < -0.4 is 10.5 Å². The van der Waals surface area contributed by atoms with E-state index in [1.165, 1.54) is 12.8 Å². The highest BCUT2D eigenvalue weighted by Crippen LogP contribution is 2.45. The Hall–Kier alpha value is -0.730. The molecule has 2 atom stereocenters.